The van der Waals surface area contributed by atoms with E-state index < -0.39 is 10.0 Å². The SMILES string of the molecule is CC(C)(C)c1nc2cc(CNS(=O)(=O)c3ccccc3)ccc2n1C1CCN(Cc2ccccc2)C1. The second kappa shape index (κ2) is 9.81. The maximum Gasteiger partial charge on any atom is 0.240 e. The van der Waals surface area contributed by atoms with Gasteiger partial charge < -0.3 is 4.57 Å². The summed E-state index contributed by atoms with van der Waals surface area (Å²) in [6.45, 7) is 9.84. The molecule has 1 fully saturated rings. The van der Waals surface area contributed by atoms with Crippen molar-refractivity contribution < 1.29 is 8.42 Å². The number of hydrogen-bond acceptors (Lipinski definition) is 4. The minimum Gasteiger partial charge on any atom is -0.323 e. The van der Waals surface area contributed by atoms with Gasteiger partial charge >= 0.3 is 0 Å². The predicted molar refractivity (Wildman–Crippen MR) is 144 cm³/mol. The monoisotopic (exact) mass is 502 g/mol. The number of hydrogen-bond donors (Lipinski definition) is 1. The molecule has 0 aliphatic carbocycles. The molecule has 0 radical (unpaired) electrons. The smallest absolute Gasteiger partial charge is 0.240 e. The van der Waals surface area contributed by atoms with E-state index in [-0.39, 0.29) is 16.9 Å². The molecule has 6 nitrogen and oxygen atoms in total. The fourth-order valence-corrected chi connectivity index (χ4v) is 6.06. The molecule has 0 amide bonds. The molecule has 3 aromatic carbocycles. The topological polar surface area (TPSA) is 67.2 Å². The number of fused-ring (bicyclic) bond motifs is 1. The van der Waals surface area contributed by atoms with E-state index in [4.69, 9.17) is 4.98 Å². The maximum absolute atomic E-state index is 12.7. The van der Waals surface area contributed by atoms with Crippen molar-refractivity contribution in [1.29, 1.82) is 0 Å². The van der Waals surface area contributed by atoms with E-state index in [1.54, 1.807) is 30.3 Å². The van der Waals surface area contributed by atoms with Gasteiger partial charge in [0.25, 0.3) is 0 Å². The van der Waals surface area contributed by atoms with E-state index in [1.165, 1.54) is 5.56 Å². The molecule has 1 aromatic heterocycles. The van der Waals surface area contributed by atoms with Crippen molar-refractivity contribution in [2.45, 2.75) is 56.6 Å². The van der Waals surface area contributed by atoms with E-state index >= 15 is 0 Å². The van der Waals surface area contributed by atoms with Gasteiger partial charge in [0.05, 0.1) is 15.9 Å². The summed E-state index contributed by atoms with van der Waals surface area (Å²) in [6, 6.07) is 25.6. The van der Waals surface area contributed by atoms with Crippen molar-refractivity contribution in [3.8, 4) is 0 Å². The number of rotatable bonds is 7. The molecule has 0 bridgehead atoms. The quantitative estimate of drug-likeness (QED) is 0.374. The Morgan fingerprint density at radius 3 is 2.33 bits per heavy atom. The summed E-state index contributed by atoms with van der Waals surface area (Å²) >= 11 is 0. The third kappa shape index (κ3) is 5.24. The first-order chi connectivity index (χ1) is 17.2. The van der Waals surface area contributed by atoms with Crippen molar-refractivity contribution >= 4 is 21.1 Å². The number of sulfonamides is 1. The van der Waals surface area contributed by atoms with Crippen LogP contribution in [0, 0.1) is 0 Å². The summed E-state index contributed by atoms with van der Waals surface area (Å²) in [4.78, 5) is 7.86. The second-order valence-corrected chi connectivity index (χ2v) is 12.4. The van der Waals surface area contributed by atoms with Crippen LogP contribution in [-0.2, 0) is 28.5 Å². The molecule has 0 saturated carbocycles. The van der Waals surface area contributed by atoms with E-state index in [1.807, 2.05) is 12.1 Å². The van der Waals surface area contributed by atoms with Gasteiger partial charge in [-0.2, -0.15) is 0 Å². The average Bonchev–Trinajstić information content (AvgIpc) is 3.48. The molecule has 1 atom stereocenters. The summed E-state index contributed by atoms with van der Waals surface area (Å²) < 4.78 is 30.5. The Labute approximate surface area is 214 Å². The van der Waals surface area contributed by atoms with Crippen LogP contribution in [-0.4, -0.2) is 36.0 Å². The van der Waals surface area contributed by atoms with Gasteiger partial charge in [-0.25, -0.2) is 18.1 Å². The van der Waals surface area contributed by atoms with Gasteiger partial charge in [-0.15, -0.1) is 0 Å². The fourth-order valence-electron chi connectivity index (χ4n) is 5.02. The number of likely N-dealkylation sites (tertiary alicyclic amines) is 1. The molecule has 1 aliphatic rings. The fraction of sp³-hybridized carbons (Fsp3) is 0.345. The third-order valence-electron chi connectivity index (χ3n) is 6.81. The Kier molecular flexibility index (Phi) is 6.72. The number of nitrogens with one attached hydrogen (secondary N) is 1. The molecule has 1 unspecified atom stereocenters. The molecule has 1 N–H and O–H groups in total. The van der Waals surface area contributed by atoms with Crippen LogP contribution in [0.3, 0.4) is 0 Å². The molecule has 1 aliphatic heterocycles. The maximum atomic E-state index is 12.7. The van der Waals surface area contributed by atoms with Crippen LogP contribution >= 0.6 is 0 Å². The number of aromatic nitrogens is 2. The van der Waals surface area contributed by atoms with Crippen molar-refractivity contribution in [3.05, 3.63) is 95.8 Å². The number of nitrogens with zero attached hydrogens (tertiary/aromatic N) is 3. The largest absolute Gasteiger partial charge is 0.323 e. The lowest BCUT2D eigenvalue weighted by molar-refractivity contribution is 0.314. The van der Waals surface area contributed by atoms with E-state index in [2.05, 4.69) is 71.4 Å². The van der Waals surface area contributed by atoms with Crippen molar-refractivity contribution in [2.24, 2.45) is 0 Å². The van der Waals surface area contributed by atoms with Gasteiger partial charge in [0.2, 0.25) is 10.0 Å². The molecule has 5 rings (SSSR count). The molecular formula is C29H34N4O2S. The molecule has 7 heteroatoms. The Morgan fingerprint density at radius 2 is 1.64 bits per heavy atom. The zero-order valence-corrected chi connectivity index (χ0v) is 22.0. The van der Waals surface area contributed by atoms with Crippen molar-refractivity contribution in [1.82, 2.24) is 19.2 Å². The molecular weight excluding hydrogens is 468 g/mol. The Hall–Kier alpha value is -3.00. The first-order valence-corrected chi connectivity index (χ1v) is 14.0. The second-order valence-electron chi connectivity index (χ2n) is 10.7. The lowest BCUT2D eigenvalue weighted by Gasteiger charge is -2.24. The summed E-state index contributed by atoms with van der Waals surface area (Å²) in [5.74, 6) is 1.08. The van der Waals surface area contributed by atoms with Crippen LogP contribution in [0.4, 0.5) is 0 Å². The molecule has 2 heterocycles. The van der Waals surface area contributed by atoms with Crippen LogP contribution in [0.5, 0.6) is 0 Å². The highest BCUT2D eigenvalue weighted by atomic mass is 32.2. The normalized spacial score (nSPS) is 17.1. The molecule has 188 valence electrons. The van der Waals surface area contributed by atoms with Gasteiger partial charge in [0, 0.05) is 37.6 Å². The lowest BCUT2D eigenvalue weighted by atomic mass is 9.95. The zero-order chi connectivity index (χ0) is 25.3. The van der Waals surface area contributed by atoms with Crippen LogP contribution in [0.1, 0.15) is 50.2 Å². The first-order valence-electron chi connectivity index (χ1n) is 12.5. The summed E-state index contributed by atoms with van der Waals surface area (Å²) in [7, 11) is -3.56. The summed E-state index contributed by atoms with van der Waals surface area (Å²) in [6.07, 6.45) is 1.08. The van der Waals surface area contributed by atoms with E-state index in [9.17, 15) is 8.42 Å². The lowest BCUT2D eigenvalue weighted by Crippen LogP contribution is -2.25. The Morgan fingerprint density at radius 1 is 0.944 bits per heavy atom. The van der Waals surface area contributed by atoms with Crippen LogP contribution < -0.4 is 4.72 Å². The van der Waals surface area contributed by atoms with Gasteiger partial charge in [0.1, 0.15) is 5.82 Å². The highest BCUT2D eigenvalue weighted by molar-refractivity contribution is 7.89. The minimum atomic E-state index is -3.56. The predicted octanol–water partition coefficient (Wildman–Crippen LogP) is 5.26. The van der Waals surface area contributed by atoms with Gasteiger partial charge in [-0.3, -0.25) is 4.90 Å². The van der Waals surface area contributed by atoms with Gasteiger partial charge in [-0.1, -0.05) is 75.4 Å². The third-order valence-corrected chi connectivity index (χ3v) is 8.22. The standard InChI is InChI=1S/C29H34N4O2S/c1-29(2,3)28-31-26-18-23(19-30-36(34,35)25-12-8-5-9-13-25)14-15-27(26)33(28)24-16-17-32(21-24)20-22-10-6-4-7-11-22/h4-15,18,24,30H,16-17,19-21H2,1-3H3. The van der Waals surface area contributed by atoms with Gasteiger partial charge in [0.15, 0.2) is 0 Å². The molecule has 36 heavy (non-hydrogen) atoms. The molecule has 1 saturated heterocycles. The molecule has 4 aromatic rings. The average molecular weight is 503 g/mol. The highest BCUT2D eigenvalue weighted by Gasteiger charge is 2.31. The van der Waals surface area contributed by atoms with Crippen LogP contribution in [0.15, 0.2) is 83.8 Å². The van der Waals surface area contributed by atoms with Crippen LogP contribution in [0.25, 0.3) is 11.0 Å². The van der Waals surface area contributed by atoms with Crippen molar-refractivity contribution in [2.75, 3.05) is 13.1 Å². The van der Waals surface area contributed by atoms with E-state index in [0.717, 1.165) is 48.5 Å². The first kappa shape index (κ1) is 24.7. The molecule has 0 spiro atoms. The number of benzene rings is 3. The minimum absolute atomic E-state index is 0.110. The van der Waals surface area contributed by atoms with Crippen LogP contribution in [0.2, 0.25) is 0 Å². The van der Waals surface area contributed by atoms with E-state index in [0.29, 0.717) is 6.04 Å². The Bertz CT molecular complexity index is 1440. The van der Waals surface area contributed by atoms with Gasteiger partial charge in [-0.05, 0) is 41.8 Å². The Balaban J connectivity index is 1.39. The number of imidazole rings is 1. The summed E-state index contributed by atoms with van der Waals surface area (Å²) in [5.41, 5.74) is 4.15. The highest BCUT2D eigenvalue weighted by Crippen LogP contribution is 2.34. The zero-order valence-electron chi connectivity index (χ0n) is 21.2. The van der Waals surface area contributed by atoms with Crippen molar-refractivity contribution in [3.63, 3.8) is 0 Å². The summed E-state index contributed by atoms with van der Waals surface area (Å²) in [5, 5.41) is 0.